The Labute approximate surface area is 144 Å². The van der Waals surface area contributed by atoms with Crippen LogP contribution in [0.2, 0.25) is 0 Å². The molecule has 2 aliphatic rings. The van der Waals surface area contributed by atoms with Gasteiger partial charge in [0.1, 0.15) is 5.82 Å². The minimum atomic E-state index is -3.51. The second-order valence-corrected chi connectivity index (χ2v) is 8.62. The number of aromatic nitrogens is 1. The van der Waals surface area contributed by atoms with Crippen LogP contribution < -0.4 is 5.32 Å². The van der Waals surface area contributed by atoms with Crippen LogP contribution in [0.4, 0.5) is 5.82 Å². The van der Waals surface area contributed by atoms with Crippen LogP contribution in [0.1, 0.15) is 43.4 Å². The van der Waals surface area contributed by atoms with Crippen LogP contribution in [0.5, 0.6) is 0 Å². The van der Waals surface area contributed by atoms with Crippen LogP contribution in [-0.4, -0.2) is 50.1 Å². The highest BCUT2D eigenvalue weighted by Gasteiger charge is 2.29. The third kappa shape index (κ3) is 3.73. The Balaban J connectivity index is 1.88. The fourth-order valence-corrected chi connectivity index (χ4v) is 5.13. The van der Waals surface area contributed by atoms with Gasteiger partial charge in [0.15, 0.2) is 0 Å². The van der Waals surface area contributed by atoms with Gasteiger partial charge in [0.05, 0.1) is 18.1 Å². The number of morpholine rings is 1. The Hall–Kier alpha value is -1.18. The van der Waals surface area contributed by atoms with E-state index in [0.29, 0.717) is 43.1 Å². The fourth-order valence-electron chi connectivity index (χ4n) is 3.43. The summed E-state index contributed by atoms with van der Waals surface area (Å²) in [5.41, 5.74) is 1.50. The van der Waals surface area contributed by atoms with Gasteiger partial charge in [0.2, 0.25) is 10.0 Å². The maximum atomic E-state index is 13.0. The average molecular weight is 353 g/mol. The van der Waals surface area contributed by atoms with Crippen molar-refractivity contribution in [1.29, 1.82) is 0 Å². The van der Waals surface area contributed by atoms with Gasteiger partial charge >= 0.3 is 0 Å². The number of rotatable bonds is 4. The maximum absolute atomic E-state index is 13.0. The molecule has 1 aromatic rings. The number of aryl methyl sites for hydroxylation is 1. The van der Waals surface area contributed by atoms with Crippen molar-refractivity contribution in [2.45, 2.75) is 56.9 Å². The van der Waals surface area contributed by atoms with Crippen molar-refractivity contribution in [2.75, 3.05) is 31.6 Å². The zero-order valence-corrected chi connectivity index (χ0v) is 15.4. The molecule has 2 heterocycles. The second kappa shape index (κ2) is 7.37. The van der Waals surface area contributed by atoms with E-state index in [1.54, 1.807) is 6.07 Å². The molecule has 1 saturated heterocycles. The molecule has 1 aromatic heterocycles. The Kier molecular flexibility index (Phi) is 5.42. The standard InChI is InChI=1S/C17H27N3O3S/c1-13-14(2)18-17(19-15-6-4-3-5-7-15)12-16(13)24(21,22)20-8-10-23-11-9-20/h12,15H,3-11H2,1-2H3,(H,18,19). The van der Waals surface area contributed by atoms with E-state index in [1.807, 2.05) is 13.8 Å². The van der Waals surface area contributed by atoms with Crippen LogP contribution in [-0.2, 0) is 14.8 Å². The summed E-state index contributed by atoms with van der Waals surface area (Å²) in [5, 5.41) is 3.45. The molecule has 3 rings (SSSR count). The van der Waals surface area contributed by atoms with Gasteiger partial charge in [-0.2, -0.15) is 4.31 Å². The Morgan fingerprint density at radius 1 is 1.17 bits per heavy atom. The molecule has 1 saturated carbocycles. The average Bonchev–Trinajstić information content (AvgIpc) is 2.59. The third-order valence-corrected chi connectivity index (χ3v) is 7.04. The molecule has 0 bridgehead atoms. The number of nitrogens with zero attached hydrogens (tertiary/aromatic N) is 2. The van der Waals surface area contributed by atoms with Crippen molar-refractivity contribution in [3.05, 3.63) is 17.3 Å². The summed E-state index contributed by atoms with van der Waals surface area (Å²) < 4.78 is 32.8. The van der Waals surface area contributed by atoms with Crippen molar-refractivity contribution < 1.29 is 13.2 Å². The number of sulfonamides is 1. The predicted octanol–water partition coefficient (Wildman–Crippen LogP) is 2.46. The molecule has 1 N–H and O–H groups in total. The minimum Gasteiger partial charge on any atom is -0.379 e. The molecule has 6 nitrogen and oxygen atoms in total. The topological polar surface area (TPSA) is 71.5 Å². The van der Waals surface area contributed by atoms with Crippen LogP contribution in [0.25, 0.3) is 0 Å². The Morgan fingerprint density at radius 2 is 1.83 bits per heavy atom. The SMILES string of the molecule is Cc1nc(NC2CCCCC2)cc(S(=O)(=O)N2CCOCC2)c1C. The predicted molar refractivity (Wildman–Crippen MR) is 93.8 cm³/mol. The number of hydrogen-bond acceptors (Lipinski definition) is 5. The van der Waals surface area contributed by atoms with Crippen molar-refractivity contribution in [3.63, 3.8) is 0 Å². The maximum Gasteiger partial charge on any atom is 0.243 e. The summed E-state index contributed by atoms with van der Waals surface area (Å²) in [6.07, 6.45) is 5.98. The van der Waals surface area contributed by atoms with E-state index in [4.69, 9.17) is 4.74 Å². The fraction of sp³-hybridized carbons (Fsp3) is 0.706. The molecule has 0 atom stereocenters. The van der Waals surface area contributed by atoms with Gasteiger partial charge in [0, 0.05) is 30.9 Å². The lowest BCUT2D eigenvalue weighted by Crippen LogP contribution is -2.41. The van der Waals surface area contributed by atoms with E-state index in [2.05, 4.69) is 10.3 Å². The Bertz CT molecular complexity index is 679. The van der Waals surface area contributed by atoms with Gasteiger partial charge in [-0.1, -0.05) is 19.3 Å². The molecule has 24 heavy (non-hydrogen) atoms. The summed E-state index contributed by atoms with van der Waals surface area (Å²) >= 11 is 0. The van der Waals surface area contributed by atoms with Gasteiger partial charge < -0.3 is 10.1 Å². The van der Waals surface area contributed by atoms with Gasteiger partial charge in [0.25, 0.3) is 0 Å². The number of pyridine rings is 1. The molecule has 0 spiro atoms. The highest BCUT2D eigenvalue weighted by molar-refractivity contribution is 7.89. The zero-order valence-electron chi connectivity index (χ0n) is 14.5. The lowest BCUT2D eigenvalue weighted by atomic mass is 9.95. The quantitative estimate of drug-likeness (QED) is 0.900. The second-order valence-electron chi connectivity index (χ2n) is 6.71. The third-order valence-electron chi connectivity index (χ3n) is 5.01. The Morgan fingerprint density at radius 3 is 2.50 bits per heavy atom. The van der Waals surface area contributed by atoms with E-state index < -0.39 is 10.0 Å². The normalized spacial score (nSPS) is 20.9. The number of ether oxygens (including phenoxy) is 1. The monoisotopic (exact) mass is 353 g/mol. The first-order valence-corrected chi connectivity index (χ1v) is 10.2. The van der Waals surface area contributed by atoms with Crippen molar-refractivity contribution in [1.82, 2.24) is 9.29 Å². The molecular formula is C17H27N3O3S. The number of hydrogen-bond donors (Lipinski definition) is 1. The van der Waals surface area contributed by atoms with Gasteiger partial charge in [-0.15, -0.1) is 0 Å². The van der Waals surface area contributed by atoms with Crippen LogP contribution in [0.15, 0.2) is 11.0 Å². The van der Waals surface area contributed by atoms with Crippen LogP contribution >= 0.6 is 0 Å². The van der Waals surface area contributed by atoms with E-state index in [0.717, 1.165) is 24.1 Å². The molecule has 0 amide bonds. The molecule has 0 radical (unpaired) electrons. The highest BCUT2D eigenvalue weighted by atomic mass is 32.2. The summed E-state index contributed by atoms with van der Waals surface area (Å²) in [6, 6.07) is 2.11. The van der Waals surface area contributed by atoms with E-state index >= 15 is 0 Å². The summed E-state index contributed by atoms with van der Waals surface area (Å²) in [5.74, 6) is 0.678. The van der Waals surface area contributed by atoms with Gasteiger partial charge in [-0.3, -0.25) is 0 Å². The van der Waals surface area contributed by atoms with E-state index in [1.165, 1.54) is 23.6 Å². The molecule has 7 heteroatoms. The largest absolute Gasteiger partial charge is 0.379 e. The molecular weight excluding hydrogens is 326 g/mol. The lowest BCUT2D eigenvalue weighted by Gasteiger charge is -2.28. The lowest BCUT2D eigenvalue weighted by molar-refractivity contribution is 0.0730. The number of anilines is 1. The molecule has 0 aromatic carbocycles. The van der Waals surface area contributed by atoms with Gasteiger partial charge in [-0.25, -0.2) is 13.4 Å². The molecule has 1 aliphatic carbocycles. The van der Waals surface area contributed by atoms with Crippen molar-refractivity contribution in [2.24, 2.45) is 0 Å². The smallest absolute Gasteiger partial charge is 0.243 e. The number of nitrogens with one attached hydrogen (secondary N) is 1. The van der Waals surface area contributed by atoms with E-state index in [-0.39, 0.29) is 0 Å². The zero-order chi connectivity index (χ0) is 17.2. The van der Waals surface area contributed by atoms with Crippen molar-refractivity contribution >= 4 is 15.8 Å². The van der Waals surface area contributed by atoms with E-state index in [9.17, 15) is 8.42 Å². The molecule has 2 fully saturated rings. The van der Waals surface area contributed by atoms with Gasteiger partial charge in [-0.05, 0) is 32.3 Å². The first-order chi connectivity index (χ1) is 11.5. The first kappa shape index (κ1) is 17.6. The highest BCUT2D eigenvalue weighted by Crippen LogP contribution is 2.27. The van der Waals surface area contributed by atoms with Crippen LogP contribution in [0, 0.1) is 13.8 Å². The van der Waals surface area contributed by atoms with Crippen molar-refractivity contribution in [3.8, 4) is 0 Å². The minimum absolute atomic E-state index is 0.371. The summed E-state index contributed by atoms with van der Waals surface area (Å²) in [7, 11) is -3.51. The first-order valence-electron chi connectivity index (χ1n) is 8.81. The molecule has 1 aliphatic heterocycles. The van der Waals surface area contributed by atoms with Crippen LogP contribution in [0.3, 0.4) is 0 Å². The molecule has 0 unspecified atom stereocenters. The summed E-state index contributed by atoms with van der Waals surface area (Å²) in [6.45, 7) is 5.44. The molecule has 134 valence electrons. The summed E-state index contributed by atoms with van der Waals surface area (Å²) in [4.78, 5) is 4.94.